The summed E-state index contributed by atoms with van der Waals surface area (Å²) < 4.78 is 1.05. The number of anilines is 1. The van der Waals surface area contributed by atoms with Crippen LogP contribution in [0.25, 0.3) is 0 Å². The van der Waals surface area contributed by atoms with Gasteiger partial charge in [0.1, 0.15) is 0 Å². The van der Waals surface area contributed by atoms with E-state index in [0.717, 1.165) is 17.4 Å². The zero-order valence-electron chi connectivity index (χ0n) is 9.11. The molecule has 1 unspecified atom stereocenters. The predicted molar refractivity (Wildman–Crippen MR) is 66.9 cm³/mol. The Labute approximate surface area is 103 Å². The van der Waals surface area contributed by atoms with Gasteiger partial charge in [0.15, 0.2) is 0 Å². The molecule has 3 nitrogen and oxygen atoms in total. The number of benzene rings is 1. The number of nitrogens with zero attached hydrogens (tertiary/aromatic N) is 1. The molecule has 1 atom stereocenters. The van der Waals surface area contributed by atoms with Crippen LogP contribution in [0.5, 0.6) is 0 Å². The van der Waals surface area contributed by atoms with Crippen molar-refractivity contribution >= 4 is 27.6 Å². The normalized spacial score (nSPS) is 18.6. The van der Waals surface area contributed by atoms with E-state index in [-0.39, 0.29) is 12.5 Å². The number of carboxylic acids is 1. The quantitative estimate of drug-likeness (QED) is 0.927. The predicted octanol–water partition coefficient (Wildman–Crippen LogP) is 2.67. The summed E-state index contributed by atoms with van der Waals surface area (Å²) in [6, 6.07) is 6.25. The summed E-state index contributed by atoms with van der Waals surface area (Å²) in [4.78, 5) is 13.0. The van der Waals surface area contributed by atoms with Crippen molar-refractivity contribution in [2.75, 3.05) is 11.4 Å². The van der Waals surface area contributed by atoms with Crippen molar-refractivity contribution in [3.8, 4) is 0 Å². The van der Waals surface area contributed by atoms with Crippen LogP contribution in [-0.4, -0.2) is 23.7 Å². The first-order valence-corrected chi connectivity index (χ1v) is 6.18. The molecule has 1 heterocycles. The largest absolute Gasteiger partial charge is 0.481 e. The second-order valence-electron chi connectivity index (χ2n) is 4.01. The molecule has 86 valence electrons. The summed E-state index contributed by atoms with van der Waals surface area (Å²) in [6.45, 7) is 2.92. The summed E-state index contributed by atoms with van der Waals surface area (Å²) in [5.74, 6) is -0.727. The molecule has 1 aromatic carbocycles. The molecule has 16 heavy (non-hydrogen) atoms. The summed E-state index contributed by atoms with van der Waals surface area (Å²) >= 11 is 3.44. The fourth-order valence-corrected chi connectivity index (χ4v) is 2.78. The van der Waals surface area contributed by atoms with E-state index in [1.54, 1.807) is 0 Å². The number of aliphatic carboxylic acids is 1. The van der Waals surface area contributed by atoms with Gasteiger partial charge in [-0.1, -0.05) is 15.9 Å². The number of fused-ring (bicyclic) bond motifs is 1. The van der Waals surface area contributed by atoms with Gasteiger partial charge in [-0.05, 0) is 37.1 Å². The number of hydrogen-bond donors (Lipinski definition) is 1. The van der Waals surface area contributed by atoms with Crippen molar-refractivity contribution in [2.24, 2.45) is 0 Å². The molecule has 1 N–H and O–H groups in total. The second kappa shape index (κ2) is 4.45. The molecule has 0 radical (unpaired) electrons. The van der Waals surface area contributed by atoms with E-state index in [9.17, 15) is 4.79 Å². The van der Waals surface area contributed by atoms with Gasteiger partial charge < -0.3 is 10.0 Å². The highest BCUT2D eigenvalue weighted by Gasteiger charge is 2.29. The SMILES string of the molecule is CCN1c2ccc(Br)cc2CC1CC(=O)O. The van der Waals surface area contributed by atoms with Crippen molar-refractivity contribution in [1.82, 2.24) is 0 Å². The molecule has 4 heteroatoms. The van der Waals surface area contributed by atoms with Crippen LogP contribution in [0.2, 0.25) is 0 Å². The first kappa shape index (κ1) is 11.5. The molecule has 0 amide bonds. The van der Waals surface area contributed by atoms with Gasteiger partial charge in [0.25, 0.3) is 0 Å². The van der Waals surface area contributed by atoms with E-state index < -0.39 is 5.97 Å². The van der Waals surface area contributed by atoms with Gasteiger partial charge in [-0.3, -0.25) is 4.79 Å². The van der Waals surface area contributed by atoms with Crippen molar-refractivity contribution in [3.05, 3.63) is 28.2 Å². The molecule has 0 fully saturated rings. The Kier molecular flexibility index (Phi) is 3.19. The summed E-state index contributed by atoms with van der Waals surface area (Å²) in [6.07, 6.45) is 1.04. The zero-order chi connectivity index (χ0) is 11.7. The molecule has 1 aliphatic heterocycles. The standard InChI is InChI=1S/C12H14BrNO2/c1-2-14-10(7-12(15)16)6-8-5-9(13)3-4-11(8)14/h3-5,10H,2,6-7H2,1H3,(H,15,16). The third kappa shape index (κ3) is 2.07. The zero-order valence-corrected chi connectivity index (χ0v) is 10.7. The fourth-order valence-electron chi connectivity index (χ4n) is 2.37. The van der Waals surface area contributed by atoms with Crippen molar-refractivity contribution in [3.63, 3.8) is 0 Å². The topological polar surface area (TPSA) is 40.5 Å². The van der Waals surface area contributed by atoms with Gasteiger partial charge in [0.2, 0.25) is 0 Å². The minimum absolute atomic E-state index is 0.104. The van der Waals surface area contributed by atoms with Crippen LogP contribution in [0.3, 0.4) is 0 Å². The third-order valence-electron chi connectivity index (χ3n) is 3.00. The van der Waals surface area contributed by atoms with Crippen LogP contribution in [-0.2, 0) is 11.2 Å². The molecule has 0 spiro atoms. The number of halogens is 1. The Balaban J connectivity index is 2.28. The van der Waals surface area contributed by atoms with Crippen LogP contribution in [0.1, 0.15) is 18.9 Å². The highest BCUT2D eigenvalue weighted by molar-refractivity contribution is 9.10. The average Bonchev–Trinajstić information content (AvgIpc) is 2.52. The van der Waals surface area contributed by atoms with Crippen molar-refractivity contribution in [2.45, 2.75) is 25.8 Å². The lowest BCUT2D eigenvalue weighted by molar-refractivity contribution is -0.137. The summed E-state index contributed by atoms with van der Waals surface area (Å²) in [7, 11) is 0. The summed E-state index contributed by atoms with van der Waals surface area (Å²) in [5.41, 5.74) is 2.42. The van der Waals surface area contributed by atoms with Crippen LogP contribution < -0.4 is 4.90 Å². The smallest absolute Gasteiger partial charge is 0.305 e. The highest BCUT2D eigenvalue weighted by atomic mass is 79.9. The van der Waals surface area contributed by atoms with Gasteiger partial charge in [-0.2, -0.15) is 0 Å². The Hall–Kier alpha value is -1.03. The molecular formula is C12H14BrNO2. The molecular weight excluding hydrogens is 270 g/mol. The average molecular weight is 284 g/mol. The van der Waals surface area contributed by atoms with Crippen LogP contribution in [0, 0.1) is 0 Å². The maximum Gasteiger partial charge on any atom is 0.305 e. The van der Waals surface area contributed by atoms with Gasteiger partial charge in [0, 0.05) is 22.7 Å². The van der Waals surface area contributed by atoms with E-state index in [4.69, 9.17) is 5.11 Å². The fraction of sp³-hybridized carbons (Fsp3) is 0.417. The third-order valence-corrected chi connectivity index (χ3v) is 3.49. The van der Waals surface area contributed by atoms with Crippen molar-refractivity contribution < 1.29 is 9.90 Å². The number of carbonyl (C=O) groups is 1. The molecule has 0 saturated heterocycles. The lowest BCUT2D eigenvalue weighted by Gasteiger charge is -2.24. The van der Waals surface area contributed by atoms with Gasteiger partial charge in [0.05, 0.1) is 6.42 Å². The van der Waals surface area contributed by atoms with Gasteiger partial charge >= 0.3 is 5.97 Å². The van der Waals surface area contributed by atoms with Crippen LogP contribution in [0.4, 0.5) is 5.69 Å². The molecule has 0 aliphatic carbocycles. The molecule has 1 aromatic rings. The minimum Gasteiger partial charge on any atom is -0.481 e. The summed E-state index contributed by atoms with van der Waals surface area (Å²) in [5, 5.41) is 8.88. The van der Waals surface area contributed by atoms with E-state index in [2.05, 4.69) is 39.9 Å². The highest BCUT2D eigenvalue weighted by Crippen LogP contribution is 2.34. The lowest BCUT2D eigenvalue weighted by Crippen LogP contribution is -2.33. The Bertz CT molecular complexity index is 419. The number of carboxylic acid groups (broad SMARTS) is 1. The Morgan fingerprint density at radius 1 is 1.62 bits per heavy atom. The second-order valence-corrected chi connectivity index (χ2v) is 4.93. The maximum atomic E-state index is 10.8. The van der Waals surface area contributed by atoms with Gasteiger partial charge in [-0.15, -0.1) is 0 Å². The molecule has 1 aliphatic rings. The lowest BCUT2D eigenvalue weighted by atomic mass is 10.1. The number of rotatable bonds is 3. The molecule has 0 aromatic heterocycles. The molecule has 0 saturated carbocycles. The monoisotopic (exact) mass is 283 g/mol. The molecule has 0 bridgehead atoms. The van der Waals surface area contributed by atoms with Gasteiger partial charge in [-0.25, -0.2) is 0 Å². The van der Waals surface area contributed by atoms with E-state index >= 15 is 0 Å². The maximum absolute atomic E-state index is 10.8. The first-order valence-electron chi connectivity index (χ1n) is 5.38. The van der Waals surface area contributed by atoms with E-state index in [1.165, 1.54) is 11.3 Å². The van der Waals surface area contributed by atoms with Crippen molar-refractivity contribution in [1.29, 1.82) is 0 Å². The van der Waals surface area contributed by atoms with E-state index in [0.29, 0.717) is 0 Å². The Morgan fingerprint density at radius 3 is 3.00 bits per heavy atom. The minimum atomic E-state index is -0.727. The first-order chi connectivity index (χ1) is 7.61. The van der Waals surface area contributed by atoms with E-state index in [1.807, 2.05) is 6.07 Å². The Morgan fingerprint density at radius 2 is 2.38 bits per heavy atom. The number of hydrogen-bond acceptors (Lipinski definition) is 2. The molecule has 2 rings (SSSR count). The number of likely N-dealkylation sites (N-methyl/N-ethyl adjacent to an activating group) is 1. The van der Waals surface area contributed by atoms with Crippen LogP contribution >= 0.6 is 15.9 Å². The van der Waals surface area contributed by atoms with Crippen LogP contribution in [0.15, 0.2) is 22.7 Å².